The fourth-order valence-electron chi connectivity index (χ4n) is 1.39. The third-order valence-electron chi connectivity index (χ3n) is 2.46. The lowest BCUT2D eigenvalue weighted by molar-refractivity contribution is 0.305. The molecule has 1 saturated carbocycles. The summed E-state index contributed by atoms with van der Waals surface area (Å²) < 4.78 is 28.3. The number of aliphatic hydroxyl groups is 1. The number of hydrogen-bond donors (Lipinski definition) is 3. The summed E-state index contributed by atoms with van der Waals surface area (Å²) in [5, 5.41) is 10.5. The zero-order valence-electron chi connectivity index (χ0n) is 10.3. The van der Waals surface area contributed by atoms with Crippen LogP contribution >= 0.6 is 11.3 Å². The first-order valence-electron chi connectivity index (χ1n) is 6.03. The molecule has 1 aromatic rings. The van der Waals surface area contributed by atoms with Crippen LogP contribution in [0.15, 0.2) is 11.4 Å². The molecule has 0 spiro atoms. The van der Waals surface area contributed by atoms with E-state index in [1.54, 1.807) is 0 Å². The summed E-state index contributed by atoms with van der Waals surface area (Å²) in [4.78, 5) is 0.912. The zero-order valence-corrected chi connectivity index (χ0v) is 12.0. The van der Waals surface area contributed by atoms with Gasteiger partial charge in [0.05, 0.1) is 6.61 Å². The number of hydrogen-bond acceptors (Lipinski definition) is 4. The monoisotopic (exact) mass is 300 g/mol. The van der Waals surface area contributed by atoms with Crippen LogP contribution in [0, 0.1) is 11.8 Å². The van der Waals surface area contributed by atoms with Crippen molar-refractivity contribution in [2.45, 2.75) is 31.8 Å². The second kappa shape index (κ2) is 6.50. The Morgan fingerprint density at radius 2 is 2.26 bits per heavy atom. The highest BCUT2D eigenvalue weighted by Gasteiger charge is 2.26. The lowest BCUT2D eigenvalue weighted by Gasteiger charge is -2.05. The maximum atomic E-state index is 11.6. The smallest absolute Gasteiger partial charge is 0.277 e. The maximum absolute atomic E-state index is 11.6. The molecule has 1 aliphatic rings. The van der Waals surface area contributed by atoms with Crippen molar-refractivity contribution in [3.8, 4) is 11.8 Å². The van der Waals surface area contributed by atoms with Gasteiger partial charge in [0.15, 0.2) is 0 Å². The van der Waals surface area contributed by atoms with Gasteiger partial charge in [-0.15, -0.1) is 11.3 Å². The Bertz CT molecular complexity index is 580. The summed E-state index contributed by atoms with van der Waals surface area (Å²) in [7, 11) is -3.39. The molecule has 3 N–H and O–H groups in total. The summed E-state index contributed by atoms with van der Waals surface area (Å²) in [6.45, 7) is 0.324. The van der Waals surface area contributed by atoms with E-state index in [9.17, 15) is 8.42 Å². The highest BCUT2D eigenvalue weighted by Crippen LogP contribution is 2.19. The van der Waals surface area contributed by atoms with E-state index in [-0.39, 0.29) is 19.2 Å². The minimum atomic E-state index is -3.39. The molecule has 5 nitrogen and oxygen atoms in total. The topological polar surface area (TPSA) is 78.4 Å². The average Bonchev–Trinajstić information content (AvgIpc) is 3.04. The molecule has 7 heteroatoms. The summed E-state index contributed by atoms with van der Waals surface area (Å²) in [5.74, 6) is 5.74. The largest absolute Gasteiger partial charge is 0.395 e. The first-order chi connectivity index (χ1) is 9.09. The van der Waals surface area contributed by atoms with Crippen LogP contribution in [0.25, 0.3) is 0 Å². The number of aliphatic hydroxyl groups excluding tert-OH is 1. The van der Waals surface area contributed by atoms with Crippen molar-refractivity contribution in [1.82, 2.24) is 9.44 Å². The Labute approximate surface area is 117 Å². The Hall–Kier alpha value is -0.910. The van der Waals surface area contributed by atoms with E-state index in [0.29, 0.717) is 6.42 Å². The van der Waals surface area contributed by atoms with Crippen LogP contribution < -0.4 is 9.44 Å². The molecule has 1 aliphatic carbocycles. The van der Waals surface area contributed by atoms with Crippen LogP contribution in [0.2, 0.25) is 0 Å². The van der Waals surface area contributed by atoms with E-state index < -0.39 is 10.2 Å². The Morgan fingerprint density at radius 1 is 1.47 bits per heavy atom. The molecule has 0 aromatic carbocycles. The molecule has 0 saturated heterocycles. The molecule has 2 rings (SSSR count). The van der Waals surface area contributed by atoms with Crippen molar-refractivity contribution in [2.75, 3.05) is 6.61 Å². The van der Waals surface area contributed by atoms with E-state index in [1.165, 1.54) is 11.3 Å². The van der Waals surface area contributed by atoms with E-state index >= 15 is 0 Å². The van der Waals surface area contributed by atoms with Gasteiger partial charge in [-0.25, -0.2) is 0 Å². The predicted octanol–water partition coefficient (Wildman–Crippen LogP) is 0.568. The summed E-state index contributed by atoms with van der Waals surface area (Å²) in [6.07, 6.45) is 2.29. The highest BCUT2D eigenvalue weighted by atomic mass is 32.2. The highest BCUT2D eigenvalue weighted by molar-refractivity contribution is 7.87. The van der Waals surface area contributed by atoms with E-state index in [0.717, 1.165) is 23.3 Å². The Balaban J connectivity index is 1.84. The zero-order chi connectivity index (χ0) is 13.7. The van der Waals surface area contributed by atoms with Gasteiger partial charge in [-0.3, -0.25) is 0 Å². The molecule has 0 atom stereocenters. The fraction of sp³-hybridized carbons (Fsp3) is 0.500. The number of thiophene rings is 1. The Kier molecular flexibility index (Phi) is 4.96. The van der Waals surface area contributed by atoms with Crippen molar-refractivity contribution < 1.29 is 13.5 Å². The molecule has 1 heterocycles. The van der Waals surface area contributed by atoms with Gasteiger partial charge in [0.25, 0.3) is 10.2 Å². The quantitative estimate of drug-likeness (QED) is 0.672. The average molecular weight is 300 g/mol. The second-order valence-corrected chi connectivity index (χ2v) is 6.82. The minimum absolute atomic E-state index is 0.0522. The third kappa shape index (κ3) is 5.30. The summed E-state index contributed by atoms with van der Waals surface area (Å²) >= 11 is 1.46. The molecule has 0 radical (unpaired) electrons. The van der Waals surface area contributed by atoms with Crippen LogP contribution in [-0.2, 0) is 16.8 Å². The summed E-state index contributed by atoms with van der Waals surface area (Å²) in [6, 6.07) is 1.97. The predicted molar refractivity (Wildman–Crippen MR) is 74.8 cm³/mol. The SMILES string of the molecule is O=S(=O)(NCc1cc(C#CCCO)cs1)NC1CC1. The van der Waals surface area contributed by atoms with Gasteiger partial charge < -0.3 is 5.11 Å². The second-order valence-electron chi connectivity index (χ2n) is 4.29. The first-order valence-corrected chi connectivity index (χ1v) is 8.39. The van der Waals surface area contributed by atoms with Crippen molar-refractivity contribution in [1.29, 1.82) is 0 Å². The standard InChI is InChI=1S/C12H16N2O3S2/c15-6-2-1-3-10-7-12(18-9-10)8-13-19(16,17)14-11-4-5-11/h7,9,11,13-15H,2,4-6,8H2. The Morgan fingerprint density at radius 3 is 2.95 bits per heavy atom. The minimum Gasteiger partial charge on any atom is -0.395 e. The number of nitrogens with one attached hydrogen (secondary N) is 2. The van der Waals surface area contributed by atoms with Gasteiger partial charge in [-0.1, -0.05) is 11.8 Å². The van der Waals surface area contributed by atoms with Gasteiger partial charge >= 0.3 is 0 Å². The number of rotatable bonds is 6. The van der Waals surface area contributed by atoms with Gasteiger partial charge in [0, 0.05) is 34.8 Å². The molecule has 1 fully saturated rings. The third-order valence-corrected chi connectivity index (χ3v) is 4.56. The van der Waals surface area contributed by atoms with Crippen molar-refractivity contribution in [3.05, 3.63) is 21.9 Å². The van der Waals surface area contributed by atoms with Crippen LogP contribution in [0.3, 0.4) is 0 Å². The van der Waals surface area contributed by atoms with Crippen LogP contribution in [0.5, 0.6) is 0 Å². The first kappa shape index (κ1) is 14.5. The molecule has 0 amide bonds. The lowest BCUT2D eigenvalue weighted by Crippen LogP contribution is -2.37. The van der Waals surface area contributed by atoms with Gasteiger partial charge in [0.2, 0.25) is 0 Å². The molecular formula is C12H16N2O3S2. The summed E-state index contributed by atoms with van der Waals surface area (Å²) in [5.41, 5.74) is 0.850. The molecule has 104 valence electrons. The molecule has 0 unspecified atom stereocenters. The van der Waals surface area contributed by atoms with Gasteiger partial charge in [-0.2, -0.15) is 17.9 Å². The van der Waals surface area contributed by atoms with E-state index in [4.69, 9.17) is 5.11 Å². The van der Waals surface area contributed by atoms with Crippen LogP contribution in [0.4, 0.5) is 0 Å². The molecule has 1 aromatic heterocycles. The van der Waals surface area contributed by atoms with Crippen molar-refractivity contribution in [2.24, 2.45) is 0 Å². The molecule has 19 heavy (non-hydrogen) atoms. The molecular weight excluding hydrogens is 284 g/mol. The van der Waals surface area contributed by atoms with Crippen LogP contribution in [0.1, 0.15) is 29.7 Å². The van der Waals surface area contributed by atoms with Crippen LogP contribution in [-0.4, -0.2) is 26.2 Å². The van der Waals surface area contributed by atoms with Crippen molar-refractivity contribution in [3.63, 3.8) is 0 Å². The normalized spacial score (nSPS) is 15.0. The molecule has 0 bridgehead atoms. The fourth-order valence-corrected chi connectivity index (χ4v) is 3.34. The van der Waals surface area contributed by atoms with Crippen molar-refractivity contribution >= 4 is 21.5 Å². The van der Waals surface area contributed by atoms with E-state index in [2.05, 4.69) is 21.3 Å². The van der Waals surface area contributed by atoms with Gasteiger partial charge in [0.1, 0.15) is 0 Å². The van der Waals surface area contributed by atoms with E-state index in [1.807, 2.05) is 11.4 Å². The molecule has 0 aliphatic heterocycles. The maximum Gasteiger partial charge on any atom is 0.277 e. The van der Waals surface area contributed by atoms with Gasteiger partial charge in [-0.05, 0) is 18.9 Å². The lowest BCUT2D eigenvalue weighted by atomic mass is 10.3.